The average Bonchev–Trinajstić information content (AvgIpc) is 2.80. The van der Waals surface area contributed by atoms with Crippen LogP contribution in [0.1, 0.15) is 45.4 Å². The summed E-state index contributed by atoms with van der Waals surface area (Å²) in [6.45, 7) is 2.19. The van der Waals surface area contributed by atoms with E-state index in [2.05, 4.69) is 22.3 Å². The summed E-state index contributed by atoms with van der Waals surface area (Å²) >= 11 is 0. The molecule has 5 heteroatoms. The second kappa shape index (κ2) is 3.32. The summed E-state index contributed by atoms with van der Waals surface area (Å²) in [5, 5.41) is 12.5. The highest BCUT2D eigenvalue weighted by molar-refractivity contribution is 5.11. The number of aromatic nitrogens is 4. The van der Waals surface area contributed by atoms with Gasteiger partial charge in [0.25, 0.3) is 0 Å². The summed E-state index contributed by atoms with van der Waals surface area (Å²) in [5.74, 6) is 1.64. The van der Waals surface area contributed by atoms with Gasteiger partial charge in [0.05, 0.1) is 5.54 Å². The van der Waals surface area contributed by atoms with Crippen LogP contribution in [0.15, 0.2) is 6.33 Å². The summed E-state index contributed by atoms with van der Waals surface area (Å²) in [6, 6.07) is 0.284. The summed E-state index contributed by atoms with van der Waals surface area (Å²) < 4.78 is 0. The number of hydrogen-bond acceptors (Lipinski definition) is 4. The van der Waals surface area contributed by atoms with Crippen LogP contribution in [0.5, 0.6) is 0 Å². The molecule has 2 N–H and O–H groups in total. The first-order valence-corrected chi connectivity index (χ1v) is 7.11. The average molecular weight is 247 g/mol. The highest BCUT2D eigenvalue weighted by Gasteiger charge is 2.60. The molecule has 4 bridgehead atoms. The third-order valence-electron chi connectivity index (χ3n) is 5.81. The van der Waals surface area contributed by atoms with Crippen molar-refractivity contribution >= 4 is 0 Å². The normalized spacial score (nSPS) is 47.4. The fourth-order valence-electron chi connectivity index (χ4n) is 5.44. The third-order valence-corrected chi connectivity index (χ3v) is 5.81. The van der Waals surface area contributed by atoms with Crippen LogP contribution in [0, 0.1) is 17.3 Å². The molecule has 0 radical (unpaired) electrons. The number of nitrogens with zero attached hydrogens (tertiary/aromatic N) is 4. The van der Waals surface area contributed by atoms with E-state index < -0.39 is 0 Å². The van der Waals surface area contributed by atoms with E-state index in [0.717, 1.165) is 18.3 Å². The van der Waals surface area contributed by atoms with Gasteiger partial charge in [-0.2, -0.15) is 4.80 Å². The molecule has 4 saturated carbocycles. The SMILES string of the molecule is CC(N)C12CC3CC(C1)CC(n1ncnn1)(C3)C2. The van der Waals surface area contributed by atoms with Gasteiger partial charge in [-0.25, -0.2) is 0 Å². The minimum Gasteiger partial charge on any atom is -0.327 e. The van der Waals surface area contributed by atoms with Gasteiger partial charge in [0.2, 0.25) is 0 Å². The summed E-state index contributed by atoms with van der Waals surface area (Å²) in [6.07, 6.45) is 9.21. The largest absolute Gasteiger partial charge is 0.327 e. The maximum Gasteiger partial charge on any atom is 0.162 e. The highest BCUT2D eigenvalue weighted by atomic mass is 15.6. The summed E-state index contributed by atoms with van der Waals surface area (Å²) in [7, 11) is 0. The van der Waals surface area contributed by atoms with E-state index in [4.69, 9.17) is 5.73 Å². The summed E-state index contributed by atoms with van der Waals surface area (Å²) in [4.78, 5) is 1.90. The van der Waals surface area contributed by atoms with Crippen molar-refractivity contribution in [3.63, 3.8) is 0 Å². The van der Waals surface area contributed by atoms with Gasteiger partial charge in [0.1, 0.15) is 0 Å². The standard InChI is InChI=1S/C13H21N5/c1-9(14)12-3-10-2-11(4-12)6-13(5-10,7-12)18-16-8-15-17-18/h8-11H,2-7,14H2,1H3. The molecule has 0 amide bonds. The van der Waals surface area contributed by atoms with Crippen molar-refractivity contribution in [2.75, 3.05) is 0 Å². The number of hydrogen-bond donors (Lipinski definition) is 1. The number of nitrogens with two attached hydrogens (primary N) is 1. The zero-order chi connectivity index (χ0) is 12.4. The van der Waals surface area contributed by atoms with Gasteiger partial charge in [-0.1, -0.05) is 0 Å². The third kappa shape index (κ3) is 1.28. The Labute approximate surface area is 107 Å². The predicted molar refractivity (Wildman–Crippen MR) is 66.6 cm³/mol. The van der Waals surface area contributed by atoms with E-state index in [0.29, 0.717) is 5.41 Å². The first kappa shape index (κ1) is 10.9. The molecule has 4 aliphatic carbocycles. The molecule has 0 aromatic carbocycles. The van der Waals surface area contributed by atoms with Crippen molar-refractivity contribution in [1.82, 2.24) is 20.2 Å². The van der Waals surface area contributed by atoms with E-state index in [1.165, 1.54) is 32.1 Å². The molecule has 4 fully saturated rings. The van der Waals surface area contributed by atoms with Gasteiger partial charge in [0, 0.05) is 6.04 Å². The smallest absolute Gasteiger partial charge is 0.162 e. The molecule has 4 aliphatic rings. The van der Waals surface area contributed by atoms with Crippen LogP contribution >= 0.6 is 0 Å². The van der Waals surface area contributed by atoms with E-state index in [1.807, 2.05) is 4.80 Å². The Balaban J connectivity index is 1.79. The molecular weight excluding hydrogens is 226 g/mol. The van der Waals surface area contributed by atoms with Crippen molar-refractivity contribution in [3.8, 4) is 0 Å². The fraction of sp³-hybridized carbons (Fsp3) is 0.923. The highest BCUT2D eigenvalue weighted by Crippen LogP contribution is 2.64. The molecule has 0 aliphatic heterocycles. The Hall–Kier alpha value is -0.970. The van der Waals surface area contributed by atoms with Crippen LogP contribution in [-0.2, 0) is 5.54 Å². The Morgan fingerprint density at radius 3 is 2.56 bits per heavy atom. The fourth-order valence-corrected chi connectivity index (χ4v) is 5.44. The monoisotopic (exact) mass is 247 g/mol. The summed E-state index contributed by atoms with van der Waals surface area (Å²) in [5.41, 5.74) is 6.79. The molecule has 3 atom stereocenters. The van der Waals surface area contributed by atoms with Crippen LogP contribution in [0.2, 0.25) is 0 Å². The topological polar surface area (TPSA) is 69.6 Å². The van der Waals surface area contributed by atoms with Crippen molar-refractivity contribution in [2.45, 2.75) is 57.0 Å². The van der Waals surface area contributed by atoms with E-state index >= 15 is 0 Å². The van der Waals surface area contributed by atoms with Crippen LogP contribution in [-0.4, -0.2) is 26.2 Å². The lowest BCUT2D eigenvalue weighted by molar-refractivity contribution is -0.120. The van der Waals surface area contributed by atoms with Crippen molar-refractivity contribution in [3.05, 3.63) is 6.33 Å². The van der Waals surface area contributed by atoms with Gasteiger partial charge < -0.3 is 5.73 Å². The van der Waals surface area contributed by atoms with E-state index in [-0.39, 0.29) is 11.6 Å². The Kier molecular flexibility index (Phi) is 2.01. The molecule has 3 unspecified atom stereocenters. The van der Waals surface area contributed by atoms with Crippen LogP contribution in [0.3, 0.4) is 0 Å². The zero-order valence-electron chi connectivity index (χ0n) is 10.9. The first-order valence-electron chi connectivity index (χ1n) is 7.11. The van der Waals surface area contributed by atoms with Gasteiger partial charge in [0.15, 0.2) is 6.33 Å². The first-order chi connectivity index (χ1) is 8.62. The van der Waals surface area contributed by atoms with Gasteiger partial charge in [-0.05, 0) is 67.9 Å². The molecule has 5 nitrogen and oxygen atoms in total. The number of tetrazole rings is 1. The molecular formula is C13H21N5. The molecule has 1 aromatic heterocycles. The molecule has 5 rings (SSSR count). The van der Waals surface area contributed by atoms with Gasteiger partial charge in [-0.3, -0.25) is 0 Å². The maximum atomic E-state index is 6.34. The predicted octanol–water partition coefficient (Wildman–Crippen LogP) is 1.32. The molecule has 1 aromatic rings. The second-order valence-corrected chi connectivity index (χ2v) is 7.06. The Bertz CT molecular complexity index is 438. The second-order valence-electron chi connectivity index (χ2n) is 7.06. The lowest BCUT2D eigenvalue weighted by Gasteiger charge is -2.62. The van der Waals surface area contributed by atoms with Gasteiger partial charge in [-0.15, -0.1) is 10.2 Å². The lowest BCUT2D eigenvalue weighted by atomic mass is 9.45. The minimum atomic E-state index is 0.119. The Morgan fingerprint density at radius 1 is 1.28 bits per heavy atom. The molecule has 0 spiro atoms. The van der Waals surface area contributed by atoms with Crippen molar-refractivity contribution in [1.29, 1.82) is 0 Å². The lowest BCUT2D eigenvalue weighted by Crippen LogP contribution is -2.61. The van der Waals surface area contributed by atoms with Crippen LogP contribution < -0.4 is 5.73 Å². The van der Waals surface area contributed by atoms with Gasteiger partial charge >= 0.3 is 0 Å². The van der Waals surface area contributed by atoms with Crippen molar-refractivity contribution in [2.24, 2.45) is 23.0 Å². The minimum absolute atomic E-state index is 0.119. The zero-order valence-corrected chi connectivity index (χ0v) is 10.9. The number of rotatable bonds is 2. The maximum absolute atomic E-state index is 6.34. The molecule has 18 heavy (non-hydrogen) atoms. The molecule has 98 valence electrons. The Morgan fingerprint density at radius 2 is 2.00 bits per heavy atom. The molecule has 1 heterocycles. The van der Waals surface area contributed by atoms with Crippen LogP contribution in [0.4, 0.5) is 0 Å². The quantitative estimate of drug-likeness (QED) is 0.855. The van der Waals surface area contributed by atoms with E-state index in [9.17, 15) is 0 Å². The van der Waals surface area contributed by atoms with Crippen molar-refractivity contribution < 1.29 is 0 Å². The molecule has 0 saturated heterocycles. The van der Waals surface area contributed by atoms with Crippen LogP contribution in [0.25, 0.3) is 0 Å². The van der Waals surface area contributed by atoms with E-state index in [1.54, 1.807) is 6.33 Å².